The molecule has 4 N–H and O–H groups in total. The monoisotopic (exact) mass is 250 g/mol. The molecular formula is C8H10O9. The summed E-state index contributed by atoms with van der Waals surface area (Å²) in [4.78, 5) is 41.8. The molecule has 2 atom stereocenters. The van der Waals surface area contributed by atoms with E-state index < -0.39 is 48.9 Å². The minimum Gasteiger partial charge on any atom is -0.481 e. The molecule has 0 aromatic rings. The smallest absolute Gasteiger partial charge is 0.345 e. The Morgan fingerprint density at radius 3 is 1.82 bits per heavy atom. The number of carboxylic acid groups (broad SMARTS) is 3. The van der Waals surface area contributed by atoms with Gasteiger partial charge in [0.25, 0.3) is 0 Å². The van der Waals surface area contributed by atoms with Crippen LogP contribution in [0.25, 0.3) is 0 Å². The van der Waals surface area contributed by atoms with Gasteiger partial charge in [-0.3, -0.25) is 9.59 Å². The summed E-state index contributed by atoms with van der Waals surface area (Å²) in [6, 6.07) is 0. The summed E-state index contributed by atoms with van der Waals surface area (Å²) in [6.07, 6.45) is -5.86. The Morgan fingerprint density at radius 2 is 1.47 bits per heavy atom. The Balaban J connectivity index is 4.36. The van der Waals surface area contributed by atoms with Crippen LogP contribution in [0.1, 0.15) is 12.8 Å². The Hall–Kier alpha value is -2.16. The van der Waals surface area contributed by atoms with Crippen molar-refractivity contribution in [2.75, 3.05) is 0 Å². The lowest BCUT2D eigenvalue weighted by Gasteiger charge is -2.12. The highest BCUT2D eigenvalue weighted by atomic mass is 16.6. The normalized spacial score (nSPS) is 13.5. The third-order valence-corrected chi connectivity index (χ3v) is 1.55. The summed E-state index contributed by atoms with van der Waals surface area (Å²) >= 11 is 0. The number of hydrogen-bond acceptors (Lipinski definition) is 6. The standard InChI is InChI=1S/C8H10O9/c9-3(7(13)14)1-6(12)17-4(8(15)16)2-5(10)11/h3-4,9H,1-2H2,(H,10,11)(H,13,14)(H,15,16)/t3-,4-/m0/s1. The van der Waals surface area contributed by atoms with Crippen LogP contribution in [-0.2, 0) is 23.9 Å². The highest BCUT2D eigenvalue weighted by Crippen LogP contribution is 2.03. The molecule has 0 saturated carbocycles. The van der Waals surface area contributed by atoms with Gasteiger partial charge in [-0.15, -0.1) is 0 Å². The number of rotatable bonds is 7. The van der Waals surface area contributed by atoms with Gasteiger partial charge in [-0.1, -0.05) is 0 Å². The van der Waals surface area contributed by atoms with Crippen LogP contribution in [0.4, 0.5) is 0 Å². The predicted octanol–water partition coefficient (Wildman–Crippen LogP) is -1.71. The molecule has 0 radical (unpaired) electrons. The summed E-state index contributed by atoms with van der Waals surface area (Å²) < 4.78 is 4.20. The van der Waals surface area contributed by atoms with Crippen LogP contribution in [0.15, 0.2) is 0 Å². The van der Waals surface area contributed by atoms with Crippen molar-refractivity contribution in [2.24, 2.45) is 0 Å². The SMILES string of the molecule is O=C(O)C[C@H](OC(=O)C[C@H](O)C(=O)O)C(=O)O. The lowest BCUT2D eigenvalue weighted by Crippen LogP contribution is -2.32. The molecule has 0 rings (SSSR count). The van der Waals surface area contributed by atoms with Gasteiger partial charge in [-0.05, 0) is 0 Å². The zero-order valence-corrected chi connectivity index (χ0v) is 8.40. The summed E-state index contributed by atoms with van der Waals surface area (Å²) in [5.41, 5.74) is 0. The molecule has 0 unspecified atom stereocenters. The summed E-state index contributed by atoms with van der Waals surface area (Å²) in [6.45, 7) is 0. The van der Waals surface area contributed by atoms with Crippen LogP contribution in [0.2, 0.25) is 0 Å². The van der Waals surface area contributed by atoms with E-state index >= 15 is 0 Å². The van der Waals surface area contributed by atoms with E-state index in [0.29, 0.717) is 0 Å². The first-order chi connectivity index (χ1) is 7.73. The van der Waals surface area contributed by atoms with E-state index in [4.69, 9.17) is 20.4 Å². The van der Waals surface area contributed by atoms with Crippen LogP contribution in [0, 0.1) is 0 Å². The van der Waals surface area contributed by atoms with Gasteiger partial charge in [0.2, 0.25) is 6.10 Å². The number of carbonyl (C=O) groups is 4. The fourth-order valence-corrected chi connectivity index (χ4v) is 0.790. The molecule has 0 fully saturated rings. The second kappa shape index (κ2) is 6.43. The molecule has 0 heterocycles. The maximum Gasteiger partial charge on any atom is 0.345 e. The van der Waals surface area contributed by atoms with Crippen LogP contribution in [0.5, 0.6) is 0 Å². The highest BCUT2D eigenvalue weighted by molar-refractivity contribution is 5.84. The number of esters is 1. The van der Waals surface area contributed by atoms with Crippen molar-refractivity contribution in [1.82, 2.24) is 0 Å². The van der Waals surface area contributed by atoms with Gasteiger partial charge in [0, 0.05) is 0 Å². The molecule has 96 valence electrons. The maximum atomic E-state index is 11.0. The van der Waals surface area contributed by atoms with Crippen LogP contribution < -0.4 is 0 Å². The molecule has 0 aromatic heterocycles. The first-order valence-corrected chi connectivity index (χ1v) is 4.29. The van der Waals surface area contributed by atoms with E-state index in [0.717, 1.165) is 0 Å². The zero-order valence-electron chi connectivity index (χ0n) is 8.40. The third-order valence-electron chi connectivity index (χ3n) is 1.55. The number of hydrogen-bond donors (Lipinski definition) is 4. The van der Waals surface area contributed by atoms with Gasteiger partial charge in [-0.25, -0.2) is 9.59 Å². The van der Waals surface area contributed by atoms with Crippen molar-refractivity contribution in [3.05, 3.63) is 0 Å². The molecule has 0 amide bonds. The van der Waals surface area contributed by atoms with E-state index in [1.165, 1.54) is 0 Å². The second-order valence-corrected chi connectivity index (χ2v) is 2.97. The van der Waals surface area contributed by atoms with Gasteiger partial charge in [-0.2, -0.15) is 0 Å². The molecule has 0 saturated heterocycles. The van der Waals surface area contributed by atoms with Crippen LogP contribution in [0.3, 0.4) is 0 Å². The molecule has 0 aliphatic rings. The minimum absolute atomic E-state index is 0.954. The number of aliphatic hydroxyl groups excluding tert-OH is 1. The van der Waals surface area contributed by atoms with Crippen molar-refractivity contribution in [1.29, 1.82) is 0 Å². The number of ether oxygens (including phenoxy) is 1. The topological polar surface area (TPSA) is 158 Å². The molecule has 0 aromatic carbocycles. The van der Waals surface area contributed by atoms with Crippen LogP contribution >= 0.6 is 0 Å². The molecule has 9 heteroatoms. The first-order valence-electron chi connectivity index (χ1n) is 4.29. The van der Waals surface area contributed by atoms with Crippen LogP contribution in [-0.4, -0.2) is 56.5 Å². The summed E-state index contributed by atoms with van der Waals surface area (Å²) in [7, 11) is 0. The highest BCUT2D eigenvalue weighted by Gasteiger charge is 2.27. The fourth-order valence-electron chi connectivity index (χ4n) is 0.790. The third kappa shape index (κ3) is 6.10. The Morgan fingerprint density at radius 1 is 0.941 bits per heavy atom. The minimum atomic E-state index is -2.03. The quantitative estimate of drug-likeness (QED) is 0.386. The van der Waals surface area contributed by atoms with E-state index in [9.17, 15) is 19.2 Å². The van der Waals surface area contributed by atoms with Gasteiger partial charge in [0.15, 0.2) is 6.10 Å². The summed E-state index contributed by atoms with van der Waals surface area (Å²) in [5, 5.41) is 33.8. The van der Waals surface area contributed by atoms with Crippen molar-refractivity contribution < 1.29 is 44.3 Å². The molecule has 0 aliphatic carbocycles. The van der Waals surface area contributed by atoms with E-state index in [2.05, 4.69) is 4.74 Å². The number of aliphatic hydroxyl groups is 1. The molecule has 0 bridgehead atoms. The predicted molar refractivity (Wildman–Crippen MR) is 48.0 cm³/mol. The number of aliphatic carboxylic acids is 3. The fraction of sp³-hybridized carbons (Fsp3) is 0.500. The molecular weight excluding hydrogens is 240 g/mol. The molecule has 0 spiro atoms. The lowest BCUT2D eigenvalue weighted by atomic mass is 10.2. The molecule has 17 heavy (non-hydrogen) atoms. The average Bonchev–Trinajstić information content (AvgIpc) is 2.15. The lowest BCUT2D eigenvalue weighted by molar-refractivity contribution is -0.170. The number of carboxylic acids is 3. The average molecular weight is 250 g/mol. The molecule has 0 aliphatic heterocycles. The van der Waals surface area contributed by atoms with E-state index in [1.807, 2.05) is 0 Å². The maximum absolute atomic E-state index is 11.0. The zero-order chi connectivity index (χ0) is 13.6. The van der Waals surface area contributed by atoms with Gasteiger partial charge < -0.3 is 25.2 Å². The second-order valence-electron chi connectivity index (χ2n) is 2.97. The molecule has 9 nitrogen and oxygen atoms in total. The van der Waals surface area contributed by atoms with Gasteiger partial charge in [0.05, 0.1) is 12.8 Å². The Bertz CT molecular complexity index is 334. The largest absolute Gasteiger partial charge is 0.481 e. The Labute approximate surface area is 94.2 Å². The van der Waals surface area contributed by atoms with Gasteiger partial charge >= 0.3 is 23.9 Å². The van der Waals surface area contributed by atoms with Crippen molar-refractivity contribution in [3.8, 4) is 0 Å². The summed E-state index contributed by atoms with van der Waals surface area (Å²) in [5.74, 6) is -6.16. The van der Waals surface area contributed by atoms with E-state index in [-0.39, 0.29) is 0 Å². The Kier molecular flexibility index (Phi) is 5.61. The van der Waals surface area contributed by atoms with Crippen molar-refractivity contribution >= 4 is 23.9 Å². The first kappa shape index (κ1) is 14.8. The number of carbonyl (C=O) groups excluding carboxylic acids is 1. The van der Waals surface area contributed by atoms with Crippen molar-refractivity contribution in [3.63, 3.8) is 0 Å². The van der Waals surface area contributed by atoms with Gasteiger partial charge in [0.1, 0.15) is 0 Å². The van der Waals surface area contributed by atoms with E-state index in [1.54, 1.807) is 0 Å². The van der Waals surface area contributed by atoms with Crippen molar-refractivity contribution in [2.45, 2.75) is 25.0 Å².